The van der Waals surface area contributed by atoms with Gasteiger partial charge in [-0.1, -0.05) is 269 Å². The van der Waals surface area contributed by atoms with Crippen molar-refractivity contribution in [3.63, 3.8) is 0 Å². The van der Waals surface area contributed by atoms with E-state index in [1.165, 1.54) is 212 Å². The Hall–Kier alpha value is -1.42. The van der Waals surface area contributed by atoms with E-state index in [4.69, 9.17) is 9.47 Å². The summed E-state index contributed by atoms with van der Waals surface area (Å²) in [5.41, 5.74) is 0. The van der Waals surface area contributed by atoms with Crippen LogP contribution >= 0.6 is 0 Å². The molecule has 0 aromatic carbocycles. The Morgan fingerprint density at radius 2 is 0.918 bits per heavy atom. The van der Waals surface area contributed by atoms with Gasteiger partial charge in [-0.2, -0.15) is 8.42 Å². The third kappa shape index (κ3) is 42.3. The number of nitrogens with one attached hydrogen (secondary N) is 1. The van der Waals surface area contributed by atoms with E-state index < -0.39 is 59.9 Å². The maximum Gasteiger partial charge on any atom is 0.397 e. The molecule has 13 heteroatoms. The lowest BCUT2D eigenvalue weighted by atomic mass is 9.99. The Kier molecular flexibility index (Phi) is 47.8. The molecule has 7 atom stereocenters. The molecule has 0 bridgehead atoms. The lowest BCUT2D eigenvalue weighted by molar-refractivity contribution is -0.298. The van der Waals surface area contributed by atoms with E-state index in [0.29, 0.717) is 19.3 Å². The summed E-state index contributed by atoms with van der Waals surface area (Å²) >= 11 is 0. The molecule has 1 amide bonds. The lowest BCUT2D eigenvalue weighted by Gasteiger charge is -2.41. The summed E-state index contributed by atoms with van der Waals surface area (Å²) in [4.78, 5) is 13.2. The smallest absolute Gasteiger partial charge is 0.394 e. The van der Waals surface area contributed by atoms with E-state index in [-0.39, 0.29) is 12.5 Å². The number of amides is 1. The Balaban J connectivity index is 2.31. The van der Waals surface area contributed by atoms with Gasteiger partial charge in [0, 0.05) is 6.42 Å². The molecule has 1 aliphatic heterocycles. The van der Waals surface area contributed by atoms with E-state index in [0.717, 1.165) is 51.4 Å². The van der Waals surface area contributed by atoms with Crippen LogP contribution < -0.4 is 5.32 Å². The second-order valence-electron chi connectivity index (χ2n) is 21.6. The number of carbonyl (C=O) groups is 1. The number of hydrogen-bond donors (Lipinski definition) is 6. The first kappa shape index (κ1) is 69.6. The molecular formula is C60H115NO11S. The fourth-order valence-corrected chi connectivity index (χ4v) is 10.5. The van der Waals surface area contributed by atoms with Crippen LogP contribution in [-0.4, -0.2) is 95.4 Å². The van der Waals surface area contributed by atoms with Gasteiger partial charge in [-0.05, 0) is 44.9 Å². The van der Waals surface area contributed by atoms with E-state index in [9.17, 15) is 38.2 Å². The molecule has 0 radical (unpaired) electrons. The molecule has 0 aliphatic carbocycles. The van der Waals surface area contributed by atoms with Crippen LogP contribution in [0.2, 0.25) is 0 Å². The lowest BCUT2D eigenvalue weighted by Crippen LogP contribution is -2.61. The summed E-state index contributed by atoms with van der Waals surface area (Å²) in [7, 11) is -5.08. The monoisotopic (exact) mass is 1060 g/mol. The number of aliphatic hydroxyl groups is 4. The molecule has 1 saturated heterocycles. The molecule has 12 nitrogen and oxygen atoms in total. The molecule has 432 valence electrons. The van der Waals surface area contributed by atoms with Crippen LogP contribution in [0.1, 0.15) is 296 Å². The van der Waals surface area contributed by atoms with Gasteiger partial charge in [-0.15, -0.1) is 0 Å². The van der Waals surface area contributed by atoms with Gasteiger partial charge in [0.2, 0.25) is 5.91 Å². The van der Waals surface area contributed by atoms with Crippen molar-refractivity contribution in [3.8, 4) is 0 Å². The quantitative estimate of drug-likeness (QED) is 0.0193. The summed E-state index contributed by atoms with van der Waals surface area (Å²) in [5.74, 6) is -0.228. The molecule has 1 rings (SSSR count). The van der Waals surface area contributed by atoms with Crippen molar-refractivity contribution in [2.75, 3.05) is 13.2 Å². The number of ether oxygens (including phenoxy) is 2. The van der Waals surface area contributed by atoms with Crippen LogP contribution in [-0.2, 0) is 28.9 Å². The summed E-state index contributed by atoms with van der Waals surface area (Å²) in [6, 6.07) is -0.859. The second-order valence-corrected chi connectivity index (χ2v) is 22.7. The number of unbranched alkanes of at least 4 members (excludes halogenated alkanes) is 38. The van der Waals surface area contributed by atoms with E-state index in [1.54, 1.807) is 0 Å². The van der Waals surface area contributed by atoms with Crippen molar-refractivity contribution >= 4 is 16.3 Å². The second kappa shape index (κ2) is 50.1. The Labute approximate surface area is 448 Å². The molecule has 7 unspecified atom stereocenters. The van der Waals surface area contributed by atoms with E-state index >= 15 is 0 Å². The largest absolute Gasteiger partial charge is 0.397 e. The predicted octanol–water partition coefficient (Wildman–Crippen LogP) is 14.8. The van der Waals surface area contributed by atoms with Crippen molar-refractivity contribution in [2.24, 2.45) is 0 Å². The van der Waals surface area contributed by atoms with Gasteiger partial charge in [-0.25, -0.2) is 4.18 Å². The fraction of sp³-hybridized carbons (Fsp3) is 0.917. The minimum absolute atomic E-state index is 0.228. The van der Waals surface area contributed by atoms with Gasteiger partial charge >= 0.3 is 10.4 Å². The standard InChI is InChI=1S/C60H115NO11S/c1-3-5-7-9-11-13-15-17-19-21-23-24-25-26-27-28-29-30-32-34-36-38-40-42-44-46-48-50-56(64)61-53(52-70-60-58(66)59(72-73(67,68)69)57(65)55(51-62)71-60)54(63)49-47-45-43-41-39-37-35-33-31-22-20-18-16-14-12-10-8-6-4-2/h23-24,26-27,53-55,57-60,62-63,65-66H,3-22,25,28-52H2,1-2H3,(H,61,64)(H,67,68,69)/b24-23-,27-26-. The highest BCUT2D eigenvalue weighted by molar-refractivity contribution is 7.80. The van der Waals surface area contributed by atoms with Gasteiger partial charge in [0.25, 0.3) is 0 Å². The van der Waals surface area contributed by atoms with Crippen molar-refractivity contribution in [3.05, 3.63) is 24.3 Å². The number of aliphatic hydroxyl groups excluding tert-OH is 4. The Morgan fingerprint density at radius 3 is 1.30 bits per heavy atom. The average Bonchev–Trinajstić information content (AvgIpc) is 3.37. The molecule has 1 fully saturated rings. The topological polar surface area (TPSA) is 192 Å². The maximum absolute atomic E-state index is 13.2. The average molecular weight is 1060 g/mol. The normalized spacial score (nSPS) is 19.4. The zero-order chi connectivity index (χ0) is 53.3. The number of carbonyl (C=O) groups excluding carboxylic acids is 1. The van der Waals surface area contributed by atoms with Crippen molar-refractivity contribution in [1.82, 2.24) is 5.32 Å². The van der Waals surface area contributed by atoms with Crippen LogP contribution in [0, 0.1) is 0 Å². The molecule has 73 heavy (non-hydrogen) atoms. The summed E-state index contributed by atoms with van der Waals surface area (Å²) < 4.78 is 48.0. The Morgan fingerprint density at radius 1 is 0.548 bits per heavy atom. The third-order valence-corrected chi connectivity index (χ3v) is 15.2. The van der Waals surface area contributed by atoms with Gasteiger partial charge in [0.15, 0.2) is 6.29 Å². The van der Waals surface area contributed by atoms with Gasteiger partial charge in [-0.3, -0.25) is 9.35 Å². The summed E-state index contributed by atoms with van der Waals surface area (Å²) in [5, 5.41) is 45.2. The molecule has 0 spiro atoms. The van der Waals surface area contributed by atoms with Crippen molar-refractivity contribution < 1.29 is 51.8 Å². The molecule has 6 N–H and O–H groups in total. The van der Waals surface area contributed by atoms with E-state index in [1.807, 2.05) is 0 Å². The fourth-order valence-electron chi connectivity index (χ4n) is 10.0. The van der Waals surface area contributed by atoms with Gasteiger partial charge in [0.1, 0.15) is 24.4 Å². The highest BCUT2D eigenvalue weighted by atomic mass is 32.3. The minimum atomic E-state index is -5.08. The highest BCUT2D eigenvalue weighted by Crippen LogP contribution is 2.26. The summed E-state index contributed by atoms with van der Waals surface area (Å²) in [6.45, 7) is 3.50. The molecule has 0 saturated carbocycles. The third-order valence-electron chi connectivity index (χ3n) is 14.8. The molecule has 1 aliphatic rings. The predicted molar refractivity (Wildman–Crippen MR) is 301 cm³/mol. The van der Waals surface area contributed by atoms with Crippen molar-refractivity contribution in [1.29, 1.82) is 0 Å². The molecule has 1 heterocycles. The maximum atomic E-state index is 13.2. The number of rotatable bonds is 54. The van der Waals surface area contributed by atoms with Crippen LogP contribution in [0.5, 0.6) is 0 Å². The molecule has 0 aromatic rings. The minimum Gasteiger partial charge on any atom is -0.394 e. The van der Waals surface area contributed by atoms with Crippen LogP contribution in [0.15, 0.2) is 24.3 Å². The highest BCUT2D eigenvalue weighted by Gasteiger charge is 2.48. The first-order valence-electron chi connectivity index (χ1n) is 30.7. The zero-order valence-corrected chi connectivity index (χ0v) is 47.8. The molecule has 0 aromatic heterocycles. The SMILES string of the molecule is CCCCCCCCCCC/C=C\C/C=C\CCCCCCCCCCCCCC(=O)NC(COC1OC(CO)C(O)C(OS(=O)(=O)O)C1O)C(O)CCCCCCCCCCCCCCCCCCCCC. The first-order valence-corrected chi connectivity index (χ1v) is 32.1. The molecular weight excluding hydrogens is 943 g/mol. The van der Waals surface area contributed by atoms with Crippen LogP contribution in [0.4, 0.5) is 0 Å². The van der Waals surface area contributed by atoms with Gasteiger partial charge in [0.05, 0.1) is 25.4 Å². The van der Waals surface area contributed by atoms with E-state index in [2.05, 4.69) is 47.7 Å². The summed E-state index contributed by atoms with van der Waals surface area (Å²) in [6.07, 6.45) is 53.3. The first-order chi connectivity index (χ1) is 35.5. The number of allylic oxidation sites excluding steroid dienone is 4. The Bertz CT molecular complexity index is 1380. The van der Waals surface area contributed by atoms with Crippen LogP contribution in [0.3, 0.4) is 0 Å². The van der Waals surface area contributed by atoms with Gasteiger partial charge < -0.3 is 35.2 Å². The van der Waals surface area contributed by atoms with Crippen molar-refractivity contribution in [2.45, 2.75) is 339 Å². The van der Waals surface area contributed by atoms with Crippen LogP contribution in [0.25, 0.3) is 0 Å². The zero-order valence-electron chi connectivity index (χ0n) is 47.0. The number of hydrogen-bond acceptors (Lipinski definition) is 10.